The number of anilines is 1. The van der Waals surface area contributed by atoms with Crippen molar-refractivity contribution in [1.29, 1.82) is 0 Å². The van der Waals surface area contributed by atoms with Gasteiger partial charge in [0.05, 0.1) is 9.90 Å². The zero-order valence-electron chi connectivity index (χ0n) is 9.74. The van der Waals surface area contributed by atoms with Gasteiger partial charge >= 0.3 is 0 Å². The molecule has 1 aromatic heterocycles. The number of halogens is 2. The summed E-state index contributed by atoms with van der Waals surface area (Å²) in [6.45, 7) is 3.32. The van der Waals surface area contributed by atoms with Crippen molar-refractivity contribution in [2.45, 2.75) is 13.5 Å². The Bertz CT molecular complexity index is 531. The van der Waals surface area contributed by atoms with Crippen LogP contribution in [0.4, 0.5) is 5.13 Å². The van der Waals surface area contributed by atoms with Crippen molar-refractivity contribution in [3.63, 3.8) is 0 Å². The molecule has 2 rings (SSSR count). The van der Waals surface area contributed by atoms with E-state index in [2.05, 4.69) is 10.3 Å². The number of ether oxygens (including phenoxy) is 1. The maximum atomic E-state index is 6.01. The van der Waals surface area contributed by atoms with E-state index in [1.807, 2.05) is 6.92 Å². The number of benzene rings is 1. The monoisotopic (exact) mass is 302 g/mol. The van der Waals surface area contributed by atoms with Crippen molar-refractivity contribution in [1.82, 2.24) is 4.98 Å². The quantitative estimate of drug-likeness (QED) is 0.885. The fourth-order valence-corrected chi connectivity index (χ4v) is 2.47. The highest BCUT2D eigenvalue weighted by Gasteiger charge is 2.05. The molecule has 0 spiro atoms. The summed E-state index contributed by atoms with van der Waals surface area (Å²) in [7, 11) is 0. The highest BCUT2D eigenvalue weighted by Crippen LogP contribution is 2.29. The molecular weight excluding hydrogens is 291 g/mol. The molecule has 0 bridgehead atoms. The van der Waals surface area contributed by atoms with E-state index in [4.69, 9.17) is 27.9 Å². The molecule has 0 aliphatic heterocycles. The first-order chi connectivity index (χ1) is 8.69. The molecule has 1 aromatic carbocycles. The van der Waals surface area contributed by atoms with Gasteiger partial charge in [0.1, 0.15) is 12.4 Å². The normalized spacial score (nSPS) is 10.4. The standard InChI is InChI=1S/C12H12Cl2N2OS/c1-2-15-12-16-6-9(18-12)7-17-11-5-8(13)3-4-10(11)14/h3-6H,2,7H2,1H3,(H,15,16). The van der Waals surface area contributed by atoms with Gasteiger partial charge in [-0.05, 0) is 19.1 Å². The first-order valence-electron chi connectivity index (χ1n) is 5.45. The van der Waals surface area contributed by atoms with Crippen molar-refractivity contribution < 1.29 is 4.74 Å². The van der Waals surface area contributed by atoms with E-state index in [9.17, 15) is 0 Å². The Morgan fingerprint density at radius 1 is 1.39 bits per heavy atom. The van der Waals surface area contributed by atoms with Gasteiger partial charge in [-0.25, -0.2) is 4.98 Å². The van der Waals surface area contributed by atoms with Crippen molar-refractivity contribution in [2.75, 3.05) is 11.9 Å². The van der Waals surface area contributed by atoms with Gasteiger partial charge in [-0.2, -0.15) is 0 Å². The average molecular weight is 303 g/mol. The van der Waals surface area contributed by atoms with Gasteiger partial charge in [-0.15, -0.1) is 0 Å². The molecule has 96 valence electrons. The number of hydrogen-bond acceptors (Lipinski definition) is 4. The molecule has 0 amide bonds. The van der Waals surface area contributed by atoms with E-state index in [0.717, 1.165) is 16.6 Å². The van der Waals surface area contributed by atoms with Crippen LogP contribution in [0, 0.1) is 0 Å². The van der Waals surface area contributed by atoms with Crippen LogP contribution in [0.5, 0.6) is 5.75 Å². The Kier molecular flexibility index (Phi) is 4.69. The van der Waals surface area contributed by atoms with Crippen LogP contribution in [0.15, 0.2) is 24.4 Å². The van der Waals surface area contributed by atoms with Crippen LogP contribution >= 0.6 is 34.5 Å². The van der Waals surface area contributed by atoms with Crippen molar-refractivity contribution >= 4 is 39.7 Å². The minimum Gasteiger partial charge on any atom is -0.486 e. The highest BCUT2D eigenvalue weighted by atomic mass is 35.5. The first kappa shape index (κ1) is 13.5. The van der Waals surface area contributed by atoms with Gasteiger partial charge in [0.25, 0.3) is 0 Å². The van der Waals surface area contributed by atoms with E-state index >= 15 is 0 Å². The highest BCUT2D eigenvalue weighted by molar-refractivity contribution is 7.15. The van der Waals surface area contributed by atoms with E-state index in [-0.39, 0.29) is 0 Å². The summed E-state index contributed by atoms with van der Waals surface area (Å²) < 4.78 is 5.62. The summed E-state index contributed by atoms with van der Waals surface area (Å²) in [5, 5.41) is 5.20. The van der Waals surface area contributed by atoms with Crippen molar-refractivity contribution in [2.24, 2.45) is 0 Å². The second-order valence-corrected chi connectivity index (χ2v) is 5.48. The fraction of sp³-hybridized carbons (Fsp3) is 0.250. The summed E-state index contributed by atoms with van der Waals surface area (Å²) >= 11 is 13.5. The fourth-order valence-electron chi connectivity index (χ4n) is 1.34. The lowest BCUT2D eigenvalue weighted by molar-refractivity contribution is 0.310. The van der Waals surface area contributed by atoms with Gasteiger partial charge in [0, 0.05) is 23.8 Å². The summed E-state index contributed by atoms with van der Waals surface area (Å²) in [4.78, 5) is 5.26. The molecule has 0 radical (unpaired) electrons. The molecule has 6 heteroatoms. The summed E-state index contributed by atoms with van der Waals surface area (Å²) in [5.74, 6) is 0.586. The molecule has 2 aromatic rings. The largest absolute Gasteiger partial charge is 0.486 e. The zero-order chi connectivity index (χ0) is 13.0. The number of hydrogen-bond donors (Lipinski definition) is 1. The number of nitrogens with one attached hydrogen (secondary N) is 1. The molecule has 0 saturated heterocycles. The van der Waals surface area contributed by atoms with Gasteiger partial charge < -0.3 is 10.1 Å². The van der Waals surface area contributed by atoms with Crippen molar-refractivity contribution in [3.8, 4) is 5.75 Å². The Morgan fingerprint density at radius 2 is 2.22 bits per heavy atom. The van der Waals surface area contributed by atoms with Crippen LogP contribution in [0.2, 0.25) is 10.0 Å². The number of thiazole rings is 1. The van der Waals surface area contributed by atoms with Crippen LogP contribution < -0.4 is 10.1 Å². The predicted octanol–water partition coefficient (Wildman–Crippen LogP) is 4.46. The summed E-state index contributed by atoms with van der Waals surface area (Å²) in [5.41, 5.74) is 0. The maximum Gasteiger partial charge on any atom is 0.182 e. The van der Waals surface area contributed by atoms with Crippen molar-refractivity contribution in [3.05, 3.63) is 39.3 Å². The van der Waals surface area contributed by atoms with Gasteiger partial charge in [0.2, 0.25) is 0 Å². The van der Waals surface area contributed by atoms with Crippen LogP contribution in [0.3, 0.4) is 0 Å². The number of rotatable bonds is 5. The van der Waals surface area contributed by atoms with Crippen LogP contribution in [0.25, 0.3) is 0 Å². The molecule has 1 heterocycles. The molecular formula is C12H12Cl2N2OS. The van der Waals surface area contributed by atoms with Gasteiger partial charge in [-0.3, -0.25) is 0 Å². The van der Waals surface area contributed by atoms with E-state index < -0.39 is 0 Å². The van der Waals surface area contributed by atoms with Crippen LogP contribution in [0.1, 0.15) is 11.8 Å². The topological polar surface area (TPSA) is 34.2 Å². The molecule has 0 fully saturated rings. The van der Waals surface area contributed by atoms with Gasteiger partial charge in [0.15, 0.2) is 5.13 Å². The van der Waals surface area contributed by atoms with E-state index in [0.29, 0.717) is 22.4 Å². The SMILES string of the molecule is CCNc1ncc(COc2cc(Cl)ccc2Cl)s1. The molecule has 1 N–H and O–H groups in total. The molecule has 0 atom stereocenters. The van der Waals surface area contributed by atoms with Crippen LogP contribution in [-0.4, -0.2) is 11.5 Å². The first-order valence-corrected chi connectivity index (χ1v) is 7.02. The maximum absolute atomic E-state index is 6.01. The molecule has 0 unspecified atom stereocenters. The molecule has 0 aliphatic rings. The Hall–Kier alpha value is -0.970. The average Bonchev–Trinajstić information content (AvgIpc) is 2.79. The number of nitrogens with zero attached hydrogens (tertiary/aromatic N) is 1. The Morgan fingerprint density at radius 3 is 3.00 bits per heavy atom. The molecule has 0 saturated carbocycles. The Labute approximate surface area is 120 Å². The minimum absolute atomic E-state index is 0.434. The third-order valence-corrected chi connectivity index (χ3v) is 3.62. The minimum atomic E-state index is 0.434. The lowest BCUT2D eigenvalue weighted by Gasteiger charge is -2.06. The second kappa shape index (κ2) is 6.27. The Balaban J connectivity index is 1.99. The molecule has 0 aliphatic carbocycles. The van der Waals surface area contributed by atoms with E-state index in [1.54, 1.807) is 35.7 Å². The van der Waals surface area contributed by atoms with Crippen LogP contribution in [-0.2, 0) is 6.61 Å². The zero-order valence-corrected chi connectivity index (χ0v) is 12.1. The van der Waals surface area contributed by atoms with Gasteiger partial charge in [-0.1, -0.05) is 34.5 Å². The second-order valence-electron chi connectivity index (χ2n) is 3.53. The molecule has 18 heavy (non-hydrogen) atoms. The summed E-state index contributed by atoms with van der Waals surface area (Å²) in [6.07, 6.45) is 1.79. The number of aromatic nitrogens is 1. The summed E-state index contributed by atoms with van der Waals surface area (Å²) in [6, 6.07) is 5.15. The van der Waals surface area contributed by atoms with E-state index in [1.165, 1.54) is 0 Å². The lowest BCUT2D eigenvalue weighted by Crippen LogP contribution is -1.94. The molecule has 3 nitrogen and oxygen atoms in total. The predicted molar refractivity (Wildman–Crippen MR) is 77.1 cm³/mol. The smallest absolute Gasteiger partial charge is 0.182 e. The third-order valence-electron chi connectivity index (χ3n) is 2.14. The lowest BCUT2D eigenvalue weighted by atomic mass is 10.3. The third kappa shape index (κ3) is 3.51.